The monoisotopic (exact) mass is 412 g/mol. The average molecular weight is 412 g/mol. The highest BCUT2D eigenvalue weighted by molar-refractivity contribution is 6.07. The molecule has 0 radical (unpaired) electrons. The maximum Gasteiger partial charge on any atom is 0.313 e. The van der Waals surface area contributed by atoms with E-state index in [1.807, 2.05) is 0 Å². The van der Waals surface area contributed by atoms with Gasteiger partial charge in [-0.3, -0.25) is 19.2 Å². The quantitative estimate of drug-likeness (QED) is 0.453. The summed E-state index contributed by atoms with van der Waals surface area (Å²) in [5.74, 6) is -2.09. The Morgan fingerprint density at radius 2 is 1.17 bits per heavy atom. The normalized spacial score (nSPS) is 69.4. The van der Waals surface area contributed by atoms with Gasteiger partial charge in [-0.25, -0.2) is 0 Å². The van der Waals surface area contributed by atoms with Gasteiger partial charge in [-0.15, -0.1) is 0 Å². The smallest absolute Gasteiger partial charge is 0.313 e. The molecule has 30 heavy (non-hydrogen) atoms. The van der Waals surface area contributed by atoms with Crippen molar-refractivity contribution < 1.29 is 38.1 Å². The summed E-state index contributed by atoms with van der Waals surface area (Å²) in [7, 11) is 2.69. The highest BCUT2D eigenvalue weighted by atomic mass is 16.7. The third-order valence-electron chi connectivity index (χ3n) is 11.7. The fraction of sp³-hybridized carbons (Fsp3) is 0.818. The fourth-order valence-electron chi connectivity index (χ4n) is 12.1. The molecule has 12 atom stereocenters. The zero-order valence-electron chi connectivity index (χ0n) is 16.6. The van der Waals surface area contributed by atoms with Crippen LogP contribution in [0, 0.1) is 46.3 Å². The Morgan fingerprint density at radius 3 is 1.53 bits per heavy atom. The Morgan fingerprint density at radius 1 is 0.767 bits per heavy atom. The highest BCUT2D eigenvalue weighted by Gasteiger charge is 3.16. The lowest BCUT2D eigenvalue weighted by Crippen LogP contribution is -2.69. The van der Waals surface area contributed by atoms with Crippen LogP contribution in [0.4, 0.5) is 0 Å². The van der Waals surface area contributed by atoms with Gasteiger partial charge in [-0.1, -0.05) is 0 Å². The van der Waals surface area contributed by atoms with Gasteiger partial charge >= 0.3 is 11.9 Å². The molecule has 2 aliphatic heterocycles. The minimum atomic E-state index is -1.20. The zero-order valence-corrected chi connectivity index (χ0v) is 16.6. The van der Waals surface area contributed by atoms with Crippen molar-refractivity contribution in [1.82, 2.24) is 0 Å². The van der Waals surface area contributed by atoms with Crippen LogP contribution in [0.3, 0.4) is 0 Å². The van der Waals surface area contributed by atoms with E-state index in [2.05, 4.69) is 0 Å². The SMILES string of the molecule is COC(=O)[C@@]12[C@H]3[C@@H]4[C@@H]5[C@H]([C@]1(C(=O)OC)[C@@H]4[C@]14O[C@]31CCC4=O)[C@]13CCC(=O)[C@]1(O3)[C@@H]52. The number of hydrogen-bond acceptors (Lipinski definition) is 8. The number of rotatable bonds is 2. The second-order valence-electron chi connectivity index (χ2n) is 11.1. The maximum absolute atomic E-state index is 13.8. The summed E-state index contributed by atoms with van der Waals surface area (Å²) in [6.07, 6.45) is 1.99. The highest BCUT2D eigenvalue weighted by Crippen LogP contribution is 3.05. The van der Waals surface area contributed by atoms with E-state index < -0.39 is 45.2 Å². The van der Waals surface area contributed by atoms with Crippen LogP contribution in [-0.4, -0.2) is 60.1 Å². The van der Waals surface area contributed by atoms with Gasteiger partial charge in [0.2, 0.25) is 0 Å². The summed E-state index contributed by atoms with van der Waals surface area (Å²) in [4.78, 5) is 53.8. The van der Waals surface area contributed by atoms with Gasteiger partial charge in [-0.2, -0.15) is 0 Å². The first kappa shape index (κ1) is 15.9. The van der Waals surface area contributed by atoms with Gasteiger partial charge in [0, 0.05) is 36.5 Å². The van der Waals surface area contributed by atoms with E-state index in [1.165, 1.54) is 14.2 Å². The summed E-state index contributed by atoms with van der Waals surface area (Å²) in [5, 5.41) is 0. The van der Waals surface area contributed by atoms with E-state index in [0.717, 1.165) is 0 Å². The Balaban J connectivity index is 1.43. The van der Waals surface area contributed by atoms with E-state index in [1.54, 1.807) is 0 Å². The van der Waals surface area contributed by atoms with Crippen LogP contribution in [-0.2, 0) is 38.1 Å². The molecule has 156 valence electrons. The van der Waals surface area contributed by atoms with Gasteiger partial charge in [0.25, 0.3) is 0 Å². The number of epoxide rings is 2. The number of methoxy groups -OCH3 is 2. The Bertz CT molecular complexity index is 1030. The summed E-state index contributed by atoms with van der Waals surface area (Å²) in [6.45, 7) is 0. The Labute approximate surface area is 170 Å². The van der Waals surface area contributed by atoms with Crippen LogP contribution in [0.1, 0.15) is 25.7 Å². The standard InChI is InChI=1S/C22H20O8/c1-27-15(25)19-11-9-10-12(18-6-4-7(23)21(18,30-18)13(10)19)20(19,16(26)28-2)14(9)22-8(24)3-5-17(11,22)29-22/h9-14H,3-6H2,1-2H3/t9-,10+,11-,12-,13-,14+,17+,18+,19-,20+,21-,22-/m0/s1. The van der Waals surface area contributed by atoms with Crippen molar-refractivity contribution in [2.24, 2.45) is 46.3 Å². The first-order valence-electron chi connectivity index (χ1n) is 11.0. The lowest BCUT2D eigenvalue weighted by Gasteiger charge is -2.53. The number of esters is 2. The van der Waals surface area contributed by atoms with Crippen LogP contribution < -0.4 is 0 Å². The molecular weight excluding hydrogens is 392 g/mol. The molecule has 0 aromatic carbocycles. The third-order valence-corrected chi connectivity index (χ3v) is 11.7. The van der Waals surface area contributed by atoms with Crippen molar-refractivity contribution >= 4 is 23.5 Å². The van der Waals surface area contributed by atoms with Crippen LogP contribution in [0.25, 0.3) is 0 Å². The van der Waals surface area contributed by atoms with Crippen LogP contribution in [0.2, 0.25) is 0 Å². The number of Topliss-reactive ketones (excluding diaryl/α,β-unsaturated/α-hetero) is 2. The minimum Gasteiger partial charge on any atom is -0.469 e. The van der Waals surface area contributed by atoms with Gasteiger partial charge in [0.15, 0.2) is 22.8 Å². The maximum atomic E-state index is 13.8. The molecule has 8 heteroatoms. The van der Waals surface area contributed by atoms with E-state index in [9.17, 15) is 19.2 Å². The van der Waals surface area contributed by atoms with Crippen molar-refractivity contribution in [1.29, 1.82) is 0 Å². The van der Waals surface area contributed by atoms with Crippen molar-refractivity contribution in [3.05, 3.63) is 0 Å². The van der Waals surface area contributed by atoms with Gasteiger partial charge < -0.3 is 18.9 Å². The molecule has 0 aromatic rings. The van der Waals surface area contributed by atoms with E-state index in [0.29, 0.717) is 25.7 Å². The second kappa shape index (κ2) is 3.58. The minimum absolute atomic E-state index is 0.00671. The predicted molar refractivity (Wildman–Crippen MR) is 91.4 cm³/mol. The molecule has 0 aromatic heterocycles. The van der Waals surface area contributed by atoms with Gasteiger partial charge in [0.1, 0.15) is 11.2 Å². The Kier molecular flexibility index (Phi) is 1.90. The van der Waals surface area contributed by atoms with E-state index in [-0.39, 0.29) is 47.1 Å². The molecule has 8 saturated carbocycles. The number of ketones is 2. The zero-order chi connectivity index (χ0) is 20.4. The average Bonchev–Trinajstić information content (AvgIpc) is 3.06. The van der Waals surface area contributed by atoms with Crippen molar-refractivity contribution in [2.75, 3.05) is 14.2 Å². The topological polar surface area (TPSA) is 112 Å². The van der Waals surface area contributed by atoms with Crippen molar-refractivity contribution in [3.63, 3.8) is 0 Å². The van der Waals surface area contributed by atoms with Crippen LogP contribution >= 0.6 is 0 Å². The summed E-state index contributed by atoms with van der Waals surface area (Å²) < 4.78 is 23.4. The van der Waals surface area contributed by atoms with Crippen molar-refractivity contribution in [3.8, 4) is 0 Å². The lowest BCUT2D eigenvalue weighted by molar-refractivity contribution is -0.197. The molecule has 8 nitrogen and oxygen atoms in total. The fourth-order valence-corrected chi connectivity index (χ4v) is 12.1. The molecule has 0 N–H and O–H groups in total. The first-order chi connectivity index (χ1) is 14.4. The number of carbonyl (C=O) groups excluding carboxylic acids is 4. The number of ether oxygens (including phenoxy) is 4. The van der Waals surface area contributed by atoms with E-state index in [4.69, 9.17) is 18.9 Å². The molecule has 10 rings (SSSR count). The first-order valence-corrected chi connectivity index (χ1v) is 11.0. The van der Waals surface area contributed by atoms with Gasteiger partial charge in [0.05, 0.1) is 25.0 Å². The van der Waals surface area contributed by atoms with Gasteiger partial charge in [-0.05, 0) is 24.7 Å². The molecule has 2 saturated heterocycles. The molecule has 2 heterocycles. The Hall–Kier alpha value is -1.80. The number of hydrogen-bond donors (Lipinski definition) is 0. The molecule has 0 amide bonds. The molecule has 10 aliphatic rings. The molecule has 8 bridgehead atoms. The van der Waals surface area contributed by atoms with Crippen LogP contribution in [0.15, 0.2) is 0 Å². The molecule has 10 fully saturated rings. The summed E-state index contributed by atoms with van der Waals surface area (Å²) in [5.41, 5.74) is -5.69. The van der Waals surface area contributed by atoms with Crippen molar-refractivity contribution in [2.45, 2.75) is 48.1 Å². The molecule has 8 aliphatic carbocycles. The van der Waals surface area contributed by atoms with E-state index >= 15 is 0 Å². The molecule has 0 spiro atoms. The number of carbonyl (C=O) groups is 4. The largest absolute Gasteiger partial charge is 0.469 e. The summed E-state index contributed by atoms with van der Waals surface area (Å²) in [6, 6.07) is 0. The second-order valence-corrected chi connectivity index (χ2v) is 11.1. The molecule has 0 unspecified atom stereocenters. The van der Waals surface area contributed by atoms with Crippen LogP contribution in [0.5, 0.6) is 0 Å². The lowest BCUT2D eigenvalue weighted by atomic mass is 9.43. The predicted octanol–water partition coefficient (Wildman–Crippen LogP) is -0.188. The third kappa shape index (κ3) is 0.835. The summed E-state index contributed by atoms with van der Waals surface area (Å²) >= 11 is 0. The molecular formula is C22H20O8.